The van der Waals surface area contributed by atoms with E-state index in [0.717, 1.165) is 48.4 Å². The van der Waals surface area contributed by atoms with E-state index in [4.69, 9.17) is 4.74 Å². The molecule has 2 aromatic carbocycles. The molecule has 6 heteroatoms. The molecule has 0 radical (unpaired) electrons. The lowest BCUT2D eigenvalue weighted by Gasteiger charge is -2.30. The van der Waals surface area contributed by atoms with E-state index in [1.165, 1.54) is 0 Å². The molecule has 2 fully saturated rings. The number of carbonyl (C=O) groups excluding carboxylic acids is 2. The second kappa shape index (κ2) is 8.66. The van der Waals surface area contributed by atoms with Gasteiger partial charge in [0, 0.05) is 31.2 Å². The number of anilines is 2. The summed E-state index contributed by atoms with van der Waals surface area (Å²) in [5.41, 5.74) is 4.44. The Balaban J connectivity index is 1.54. The van der Waals surface area contributed by atoms with Crippen molar-refractivity contribution in [2.75, 3.05) is 36.5 Å². The van der Waals surface area contributed by atoms with Crippen molar-refractivity contribution in [1.82, 2.24) is 5.32 Å². The average Bonchev–Trinajstić information content (AvgIpc) is 3.59. The number of nitrogens with one attached hydrogen (secondary N) is 2. The van der Waals surface area contributed by atoms with Crippen LogP contribution in [0, 0.1) is 12.8 Å². The third-order valence-corrected chi connectivity index (χ3v) is 5.51. The van der Waals surface area contributed by atoms with E-state index in [1.54, 1.807) is 6.07 Å². The third kappa shape index (κ3) is 4.77. The molecule has 0 spiro atoms. The fourth-order valence-electron chi connectivity index (χ4n) is 3.54. The molecule has 2 amide bonds. The van der Waals surface area contributed by atoms with Crippen LogP contribution in [0.15, 0.2) is 42.5 Å². The molecule has 2 aromatic rings. The third-order valence-electron chi connectivity index (χ3n) is 5.51. The maximum absolute atomic E-state index is 13.0. The Bertz CT molecular complexity index is 902. The van der Waals surface area contributed by atoms with Crippen molar-refractivity contribution in [2.24, 2.45) is 5.92 Å². The highest BCUT2D eigenvalue weighted by Gasteiger charge is 2.30. The molecule has 1 aliphatic carbocycles. The summed E-state index contributed by atoms with van der Waals surface area (Å²) < 4.78 is 5.46. The van der Waals surface area contributed by atoms with Crippen molar-refractivity contribution in [2.45, 2.75) is 26.3 Å². The summed E-state index contributed by atoms with van der Waals surface area (Å²) in [5.74, 6) is 0.0865. The molecular formula is C23H27N3O3. The zero-order chi connectivity index (χ0) is 20.2. The van der Waals surface area contributed by atoms with Gasteiger partial charge < -0.3 is 20.3 Å². The van der Waals surface area contributed by atoms with Crippen molar-refractivity contribution < 1.29 is 14.3 Å². The molecule has 1 heterocycles. The Hall–Kier alpha value is -2.86. The normalized spacial score (nSPS) is 16.4. The maximum Gasteiger partial charge on any atom is 0.253 e. The van der Waals surface area contributed by atoms with Crippen LogP contribution in [-0.2, 0) is 16.1 Å². The quantitative estimate of drug-likeness (QED) is 0.791. The first-order valence-corrected chi connectivity index (χ1v) is 10.2. The number of rotatable bonds is 6. The summed E-state index contributed by atoms with van der Waals surface area (Å²) in [4.78, 5) is 27.3. The molecule has 0 unspecified atom stereocenters. The van der Waals surface area contributed by atoms with E-state index >= 15 is 0 Å². The summed E-state index contributed by atoms with van der Waals surface area (Å²) in [5, 5.41) is 6.03. The lowest BCUT2D eigenvalue weighted by Crippen LogP contribution is -2.38. The fourth-order valence-corrected chi connectivity index (χ4v) is 3.54. The van der Waals surface area contributed by atoms with Crippen LogP contribution in [0.1, 0.15) is 34.3 Å². The number of amides is 2. The minimum Gasteiger partial charge on any atom is -0.378 e. The van der Waals surface area contributed by atoms with E-state index in [2.05, 4.69) is 15.5 Å². The largest absolute Gasteiger partial charge is 0.378 e. The van der Waals surface area contributed by atoms with E-state index in [-0.39, 0.29) is 17.7 Å². The number of ether oxygens (including phenoxy) is 1. The molecule has 1 aliphatic heterocycles. The van der Waals surface area contributed by atoms with Crippen LogP contribution in [0.25, 0.3) is 0 Å². The topological polar surface area (TPSA) is 70.7 Å². The van der Waals surface area contributed by atoms with Crippen LogP contribution >= 0.6 is 0 Å². The number of hydrogen-bond acceptors (Lipinski definition) is 4. The fraction of sp³-hybridized carbons (Fsp3) is 0.391. The molecule has 152 valence electrons. The summed E-state index contributed by atoms with van der Waals surface area (Å²) in [6.07, 6.45) is 1.92. The number of morpholine rings is 1. The van der Waals surface area contributed by atoms with Gasteiger partial charge in [-0.2, -0.15) is 0 Å². The highest BCUT2D eigenvalue weighted by molar-refractivity contribution is 6.02. The Labute approximate surface area is 171 Å². The zero-order valence-corrected chi connectivity index (χ0v) is 16.7. The van der Waals surface area contributed by atoms with Crippen LogP contribution < -0.4 is 15.5 Å². The van der Waals surface area contributed by atoms with Gasteiger partial charge in [-0.1, -0.05) is 24.3 Å². The Morgan fingerprint density at radius 2 is 1.86 bits per heavy atom. The van der Waals surface area contributed by atoms with E-state index < -0.39 is 0 Å². The molecule has 0 atom stereocenters. The molecule has 2 aliphatic rings. The lowest BCUT2D eigenvalue weighted by molar-refractivity contribution is -0.117. The van der Waals surface area contributed by atoms with Gasteiger partial charge >= 0.3 is 0 Å². The summed E-state index contributed by atoms with van der Waals surface area (Å²) in [6, 6.07) is 13.6. The highest BCUT2D eigenvalue weighted by atomic mass is 16.5. The number of benzene rings is 2. The van der Waals surface area contributed by atoms with Gasteiger partial charge in [0.1, 0.15) is 0 Å². The molecular weight excluding hydrogens is 366 g/mol. The van der Waals surface area contributed by atoms with Gasteiger partial charge in [-0.05, 0) is 49.1 Å². The van der Waals surface area contributed by atoms with Crippen LogP contribution in [0.4, 0.5) is 11.4 Å². The van der Waals surface area contributed by atoms with E-state index in [1.807, 2.05) is 43.3 Å². The summed E-state index contributed by atoms with van der Waals surface area (Å²) in [6.45, 7) is 5.22. The molecule has 0 aromatic heterocycles. The standard InChI is InChI=1S/C23H27N3O3/c1-16-4-2-3-5-18(16)15-24-23(28)20-9-8-19(25-22(27)17-6-7-17)14-21(20)26-10-12-29-13-11-26/h2-5,8-9,14,17H,6-7,10-13,15H2,1H3,(H,24,28)(H,25,27). The van der Waals surface area contributed by atoms with Crippen molar-refractivity contribution in [1.29, 1.82) is 0 Å². The van der Waals surface area contributed by atoms with Gasteiger partial charge in [-0.3, -0.25) is 9.59 Å². The molecule has 1 saturated carbocycles. The second-order valence-corrected chi connectivity index (χ2v) is 7.70. The molecule has 6 nitrogen and oxygen atoms in total. The van der Waals surface area contributed by atoms with Gasteiger partial charge in [0.05, 0.1) is 24.5 Å². The number of carbonyl (C=O) groups is 2. The number of hydrogen-bond donors (Lipinski definition) is 2. The first-order chi connectivity index (χ1) is 14.1. The van der Waals surface area contributed by atoms with Crippen molar-refractivity contribution >= 4 is 23.2 Å². The number of nitrogens with zero attached hydrogens (tertiary/aromatic N) is 1. The maximum atomic E-state index is 13.0. The number of aryl methyl sites for hydroxylation is 1. The predicted molar refractivity (Wildman–Crippen MR) is 113 cm³/mol. The van der Waals surface area contributed by atoms with Crippen LogP contribution in [0.5, 0.6) is 0 Å². The first kappa shape index (κ1) is 19.5. The van der Waals surface area contributed by atoms with E-state index in [0.29, 0.717) is 25.3 Å². The van der Waals surface area contributed by atoms with Gasteiger partial charge in [0.25, 0.3) is 5.91 Å². The van der Waals surface area contributed by atoms with Gasteiger partial charge in [-0.25, -0.2) is 0 Å². The Morgan fingerprint density at radius 1 is 1.10 bits per heavy atom. The molecule has 0 bridgehead atoms. The lowest BCUT2D eigenvalue weighted by atomic mass is 10.1. The summed E-state index contributed by atoms with van der Waals surface area (Å²) >= 11 is 0. The minimum atomic E-state index is -0.116. The Morgan fingerprint density at radius 3 is 2.59 bits per heavy atom. The Kier molecular flexibility index (Phi) is 5.81. The monoisotopic (exact) mass is 393 g/mol. The molecule has 1 saturated heterocycles. The van der Waals surface area contributed by atoms with Crippen LogP contribution in [0.2, 0.25) is 0 Å². The van der Waals surface area contributed by atoms with Crippen molar-refractivity contribution in [3.8, 4) is 0 Å². The molecule has 29 heavy (non-hydrogen) atoms. The first-order valence-electron chi connectivity index (χ1n) is 10.2. The molecule has 2 N–H and O–H groups in total. The van der Waals surface area contributed by atoms with Crippen LogP contribution in [-0.4, -0.2) is 38.1 Å². The SMILES string of the molecule is Cc1ccccc1CNC(=O)c1ccc(NC(=O)C2CC2)cc1N1CCOCC1. The zero-order valence-electron chi connectivity index (χ0n) is 16.7. The second-order valence-electron chi connectivity index (χ2n) is 7.70. The smallest absolute Gasteiger partial charge is 0.253 e. The minimum absolute atomic E-state index is 0.0645. The molecule has 4 rings (SSSR count). The average molecular weight is 393 g/mol. The van der Waals surface area contributed by atoms with Gasteiger partial charge in [0.2, 0.25) is 5.91 Å². The van der Waals surface area contributed by atoms with Crippen LogP contribution in [0.3, 0.4) is 0 Å². The predicted octanol–water partition coefficient (Wildman–Crippen LogP) is 3.11. The highest BCUT2D eigenvalue weighted by Crippen LogP contribution is 2.31. The van der Waals surface area contributed by atoms with Crippen molar-refractivity contribution in [3.05, 3.63) is 59.2 Å². The van der Waals surface area contributed by atoms with E-state index in [9.17, 15) is 9.59 Å². The van der Waals surface area contributed by atoms with Gasteiger partial charge in [-0.15, -0.1) is 0 Å². The van der Waals surface area contributed by atoms with Gasteiger partial charge in [0.15, 0.2) is 0 Å². The van der Waals surface area contributed by atoms with Crippen molar-refractivity contribution in [3.63, 3.8) is 0 Å². The summed E-state index contributed by atoms with van der Waals surface area (Å²) in [7, 11) is 0.